The van der Waals surface area contributed by atoms with Crippen molar-refractivity contribution < 1.29 is 9.53 Å². The predicted molar refractivity (Wildman–Crippen MR) is 79.0 cm³/mol. The number of carbonyl (C=O) groups is 1. The lowest BCUT2D eigenvalue weighted by Crippen LogP contribution is -2.46. The van der Waals surface area contributed by atoms with Crippen LogP contribution in [0, 0.1) is 11.3 Å². The van der Waals surface area contributed by atoms with E-state index in [9.17, 15) is 4.79 Å². The van der Waals surface area contributed by atoms with Crippen molar-refractivity contribution in [2.45, 2.75) is 78.9 Å². The normalized spacial score (nSPS) is 25.2. The van der Waals surface area contributed by atoms with Gasteiger partial charge in [-0.25, -0.2) is 0 Å². The van der Waals surface area contributed by atoms with Gasteiger partial charge in [-0.05, 0) is 44.9 Å². The molecule has 2 unspecified atom stereocenters. The number of nitrogens with one attached hydrogen (secondary N) is 1. The lowest BCUT2D eigenvalue weighted by molar-refractivity contribution is -0.154. The Morgan fingerprint density at radius 2 is 1.68 bits per heavy atom. The molecule has 3 heteroatoms. The number of esters is 1. The molecule has 1 N–H and O–H groups in total. The van der Waals surface area contributed by atoms with Crippen molar-refractivity contribution in [3.05, 3.63) is 0 Å². The molecule has 19 heavy (non-hydrogen) atoms. The van der Waals surface area contributed by atoms with E-state index in [1.807, 2.05) is 20.8 Å². The van der Waals surface area contributed by atoms with Crippen molar-refractivity contribution in [2.24, 2.45) is 11.3 Å². The van der Waals surface area contributed by atoms with Gasteiger partial charge in [0.25, 0.3) is 0 Å². The average molecular weight is 269 g/mol. The molecule has 112 valence electrons. The fourth-order valence-corrected chi connectivity index (χ4v) is 3.00. The van der Waals surface area contributed by atoms with Gasteiger partial charge >= 0.3 is 5.97 Å². The Bertz CT molecular complexity index is 299. The topological polar surface area (TPSA) is 38.3 Å². The molecule has 0 aliphatic heterocycles. The predicted octanol–water partition coefficient (Wildman–Crippen LogP) is 3.52. The molecule has 0 radical (unpaired) electrons. The molecule has 1 aliphatic carbocycles. The number of carbonyl (C=O) groups excluding carboxylic acids is 1. The second-order valence-corrected chi connectivity index (χ2v) is 7.83. The standard InChI is InChI=1S/C16H31NO2/c1-15(2,3)12-9-7-8-10-13(12)17-11-14(18)19-16(4,5)6/h12-13,17H,7-11H2,1-6H3. The van der Waals surface area contributed by atoms with Gasteiger partial charge in [-0.2, -0.15) is 0 Å². The molecule has 1 aliphatic rings. The molecule has 1 saturated carbocycles. The third kappa shape index (κ3) is 5.94. The lowest BCUT2D eigenvalue weighted by atomic mass is 9.69. The van der Waals surface area contributed by atoms with Crippen molar-refractivity contribution in [3.8, 4) is 0 Å². The lowest BCUT2D eigenvalue weighted by Gasteiger charge is -2.41. The van der Waals surface area contributed by atoms with Crippen LogP contribution in [0.25, 0.3) is 0 Å². The largest absolute Gasteiger partial charge is 0.459 e. The van der Waals surface area contributed by atoms with Gasteiger partial charge < -0.3 is 10.1 Å². The Balaban J connectivity index is 2.48. The average Bonchev–Trinajstić information content (AvgIpc) is 2.23. The molecule has 2 atom stereocenters. The van der Waals surface area contributed by atoms with Crippen LogP contribution in [0.4, 0.5) is 0 Å². The third-order valence-corrected chi connectivity index (χ3v) is 3.81. The fourth-order valence-electron chi connectivity index (χ4n) is 3.00. The quantitative estimate of drug-likeness (QED) is 0.797. The fraction of sp³-hybridized carbons (Fsp3) is 0.938. The first-order valence-electron chi connectivity index (χ1n) is 7.55. The van der Waals surface area contributed by atoms with Crippen molar-refractivity contribution in [2.75, 3.05) is 6.54 Å². The van der Waals surface area contributed by atoms with Gasteiger partial charge in [0, 0.05) is 6.04 Å². The molecule has 1 fully saturated rings. The number of ether oxygens (including phenoxy) is 1. The van der Waals surface area contributed by atoms with Crippen LogP contribution in [-0.2, 0) is 9.53 Å². The molecule has 0 bridgehead atoms. The van der Waals surface area contributed by atoms with Crippen LogP contribution >= 0.6 is 0 Å². The van der Waals surface area contributed by atoms with E-state index >= 15 is 0 Å². The van der Waals surface area contributed by atoms with Crippen molar-refractivity contribution in [1.82, 2.24) is 5.32 Å². The highest BCUT2D eigenvalue weighted by Crippen LogP contribution is 2.37. The van der Waals surface area contributed by atoms with Gasteiger partial charge in [0.2, 0.25) is 0 Å². The Kier molecular flexibility index (Phi) is 5.43. The van der Waals surface area contributed by atoms with Crippen LogP contribution < -0.4 is 5.32 Å². The second kappa shape index (κ2) is 6.25. The summed E-state index contributed by atoms with van der Waals surface area (Å²) >= 11 is 0. The molecule has 1 rings (SSSR count). The number of hydrogen-bond donors (Lipinski definition) is 1. The molecule has 0 spiro atoms. The molecular formula is C16H31NO2. The first-order chi connectivity index (χ1) is 8.59. The van der Waals surface area contributed by atoms with Gasteiger partial charge in [-0.3, -0.25) is 4.79 Å². The maximum Gasteiger partial charge on any atom is 0.320 e. The zero-order valence-electron chi connectivity index (χ0n) is 13.5. The highest BCUT2D eigenvalue weighted by molar-refractivity contribution is 5.72. The van der Waals surface area contributed by atoms with E-state index in [-0.39, 0.29) is 5.97 Å². The van der Waals surface area contributed by atoms with Crippen LogP contribution in [0.3, 0.4) is 0 Å². The molecule has 0 heterocycles. The van der Waals surface area contributed by atoms with E-state index < -0.39 is 5.60 Å². The number of rotatable bonds is 3. The molecule has 0 saturated heterocycles. The minimum Gasteiger partial charge on any atom is -0.459 e. The Hall–Kier alpha value is -0.570. The summed E-state index contributed by atoms with van der Waals surface area (Å²) in [7, 11) is 0. The summed E-state index contributed by atoms with van der Waals surface area (Å²) in [6.07, 6.45) is 5.01. The van der Waals surface area contributed by atoms with Gasteiger partial charge in [0.05, 0.1) is 6.54 Å². The molecule has 0 aromatic carbocycles. The first kappa shape index (κ1) is 16.5. The Labute approximate surface area is 118 Å². The zero-order valence-corrected chi connectivity index (χ0v) is 13.5. The van der Waals surface area contributed by atoms with Gasteiger partial charge in [-0.1, -0.05) is 33.6 Å². The minimum atomic E-state index is -0.394. The van der Waals surface area contributed by atoms with Gasteiger partial charge in [0.1, 0.15) is 5.60 Å². The van der Waals surface area contributed by atoms with Crippen molar-refractivity contribution in [1.29, 1.82) is 0 Å². The van der Waals surface area contributed by atoms with Gasteiger partial charge in [0.15, 0.2) is 0 Å². The van der Waals surface area contributed by atoms with E-state index in [2.05, 4.69) is 26.1 Å². The van der Waals surface area contributed by atoms with E-state index in [0.29, 0.717) is 23.9 Å². The van der Waals surface area contributed by atoms with Crippen molar-refractivity contribution >= 4 is 5.97 Å². The smallest absolute Gasteiger partial charge is 0.320 e. The maximum atomic E-state index is 11.8. The van der Waals surface area contributed by atoms with Crippen molar-refractivity contribution in [3.63, 3.8) is 0 Å². The van der Waals surface area contributed by atoms with Crippen LogP contribution in [0.15, 0.2) is 0 Å². The monoisotopic (exact) mass is 269 g/mol. The summed E-state index contributed by atoms with van der Waals surface area (Å²) in [6.45, 7) is 12.9. The molecule has 0 aromatic heterocycles. The van der Waals surface area contributed by atoms with Crippen LogP contribution in [0.2, 0.25) is 0 Å². The highest BCUT2D eigenvalue weighted by Gasteiger charge is 2.34. The van der Waals surface area contributed by atoms with Crippen LogP contribution in [0.5, 0.6) is 0 Å². The van der Waals surface area contributed by atoms with E-state index in [1.165, 1.54) is 25.7 Å². The molecule has 0 amide bonds. The summed E-state index contributed by atoms with van der Waals surface area (Å²) in [5.74, 6) is 0.495. The maximum absolute atomic E-state index is 11.8. The Morgan fingerprint density at radius 3 is 2.21 bits per heavy atom. The summed E-state index contributed by atoms with van der Waals surface area (Å²) in [5.41, 5.74) is -0.0965. The molecule has 0 aromatic rings. The van der Waals surface area contributed by atoms with E-state index in [4.69, 9.17) is 4.74 Å². The number of hydrogen-bond acceptors (Lipinski definition) is 3. The highest BCUT2D eigenvalue weighted by atomic mass is 16.6. The molecule has 3 nitrogen and oxygen atoms in total. The Morgan fingerprint density at radius 1 is 1.11 bits per heavy atom. The van der Waals surface area contributed by atoms with Crippen LogP contribution in [-0.4, -0.2) is 24.2 Å². The summed E-state index contributed by atoms with van der Waals surface area (Å²) in [4.78, 5) is 11.8. The summed E-state index contributed by atoms with van der Waals surface area (Å²) in [5, 5.41) is 3.43. The summed E-state index contributed by atoms with van der Waals surface area (Å²) < 4.78 is 5.35. The third-order valence-electron chi connectivity index (χ3n) is 3.81. The second-order valence-electron chi connectivity index (χ2n) is 7.83. The van der Waals surface area contributed by atoms with Gasteiger partial charge in [-0.15, -0.1) is 0 Å². The first-order valence-corrected chi connectivity index (χ1v) is 7.55. The zero-order chi connectivity index (χ0) is 14.7. The molecular weight excluding hydrogens is 238 g/mol. The summed E-state index contributed by atoms with van der Waals surface area (Å²) in [6, 6.07) is 0.446. The SMILES string of the molecule is CC(C)(C)OC(=O)CNC1CCCCC1C(C)(C)C. The van der Waals surface area contributed by atoms with E-state index in [1.54, 1.807) is 0 Å². The van der Waals surface area contributed by atoms with Crippen LogP contribution in [0.1, 0.15) is 67.2 Å². The van der Waals surface area contributed by atoms with E-state index in [0.717, 1.165) is 0 Å². The minimum absolute atomic E-state index is 0.147.